The van der Waals surface area contributed by atoms with E-state index in [2.05, 4.69) is 5.10 Å². The summed E-state index contributed by atoms with van der Waals surface area (Å²) in [5.74, 6) is -0.589. The lowest BCUT2D eigenvalue weighted by Crippen LogP contribution is -2.54. The van der Waals surface area contributed by atoms with Gasteiger partial charge in [-0.15, -0.1) is 0 Å². The maximum atomic E-state index is 12.9. The van der Waals surface area contributed by atoms with Crippen LogP contribution in [0.5, 0.6) is 0 Å². The first-order valence-corrected chi connectivity index (χ1v) is 9.53. The molecular formula is C20H23F3N4O4. The summed E-state index contributed by atoms with van der Waals surface area (Å²) in [6.45, 7) is 4.80. The lowest BCUT2D eigenvalue weighted by Gasteiger charge is -2.40. The van der Waals surface area contributed by atoms with E-state index in [0.29, 0.717) is 11.5 Å². The Kier molecular flexibility index (Phi) is 5.88. The van der Waals surface area contributed by atoms with Crippen LogP contribution >= 0.6 is 0 Å². The first-order valence-electron chi connectivity index (χ1n) is 9.53. The molecule has 1 atom stereocenters. The Morgan fingerprint density at radius 2 is 1.81 bits per heavy atom. The number of alkyl halides is 3. The molecule has 0 fully saturated rings. The van der Waals surface area contributed by atoms with Gasteiger partial charge in [0.25, 0.3) is 0 Å². The van der Waals surface area contributed by atoms with E-state index in [1.54, 1.807) is 36.4 Å². The van der Waals surface area contributed by atoms with E-state index in [9.17, 15) is 27.9 Å². The number of carbonyl (C=O) groups excluding carboxylic acids is 1. The number of aliphatic carboxylic acids is 1. The van der Waals surface area contributed by atoms with Gasteiger partial charge in [-0.2, -0.15) is 18.3 Å². The molecule has 1 aromatic heterocycles. The molecule has 2 heterocycles. The number of anilines is 2. The fraction of sp³-hybridized carbons (Fsp3) is 0.450. The maximum Gasteiger partial charge on any atom is 0.416 e. The lowest BCUT2D eigenvalue weighted by atomic mass is 10.1. The number of carboxylic acid groups (broad SMARTS) is 1. The zero-order valence-electron chi connectivity index (χ0n) is 17.3. The number of hydrogen-bond donors (Lipinski definition) is 1. The second kappa shape index (κ2) is 8.12. The molecule has 168 valence electrons. The number of hydrogen-bond acceptors (Lipinski definition) is 5. The number of amides is 1. The van der Waals surface area contributed by atoms with Crippen molar-refractivity contribution in [2.45, 2.75) is 45.1 Å². The van der Waals surface area contributed by atoms with Crippen LogP contribution < -0.4 is 4.90 Å². The minimum absolute atomic E-state index is 0.156. The Balaban J connectivity index is 1.93. The van der Waals surface area contributed by atoms with Gasteiger partial charge in [0.1, 0.15) is 18.0 Å². The Morgan fingerprint density at radius 1 is 1.16 bits per heavy atom. The number of rotatable bonds is 4. The Hall–Kier alpha value is -3.24. The molecule has 1 amide bonds. The van der Waals surface area contributed by atoms with Crippen LogP contribution in [-0.2, 0) is 22.3 Å². The monoisotopic (exact) mass is 440 g/mol. The summed E-state index contributed by atoms with van der Waals surface area (Å²) in [7, 11) is 0. The summed E-state index contributed by atoms with van der Waals surface area (Å²) < 4.78 is 45.7. The highest BCUT2D eigenvalue weighted by atomic mass is 19.4. The number of carbonyl (C=O) groups is 2. The van der Waals surface area contributed by atoms with Crippen molar-refractivity contribution in [3.63, 3.8) is 0 Å². The molecule has 0 saturated carbocycles. The van der Waals surface area contributed by atoms with Crippen LogP contribution in [0, 0.1) is 0 Å². The minimum Gasteiger partial charge on any atom is -0.480 e. The molecule has 31 heavy (non-hydrogen) atoms. The molecule has 1 aliphatic heterocycles. The van der Waals surface area contributed by atoms with Gasteiger partial charge in [0.05, 0.1) is 24.3 Å². The van der Waals surface area contributed by atoms with E-state index in [1.807, 2.05) is 0 Å². The summed E-state index contributed by atoms with van der Waals surface area (Å²) in [4.78, 5) is 26.9. The predicted octanol–water partition coefficient (Wildman–Crippen LogP) is 3.74. The van der Waals surface area contributed by atoms with Crippen molar-refractivity contribution in [3.8, 4) is 0 Å². The molecule has 2 aromatic rings. The van der Waals surface area contributed by atoms with Crippen molar-refractivity contribution in [2.75, 3.05) is 18.0 Å². The van der Waals surface area contributed by atoms with Gasteiger partial charge < -0.3 is 14.7 Å². The third-order valence-electron chi connectivity index (χ3n) is 4.63. The smallest absolute Gasteiger partial charge is 0.416 e. The number of aromatic nitrogens is 2. The van der Waals surface area contributed by atoms with E-state index >= 15 is 0 Å². The third kappa shape index (κ3) is 5.28. The number of ether oxygens (including phenoxy) is 1. The second-order valence-corrected chi connectivity index (χ2v) is 8.18. The molecule has 0 aliphatic carbocycles. The van der Waals surface area contributed by atoms with Gasteiger partial charge in [0, 0.05) is 18.3 Å². The van der Waals surface area contributed by atoms with Crippen molar-refractivity contribution in [2.24, 2.45) is 0 Å². The van der Waals surface area contributed by atoms with Crippen LogP contribution in [0.4, 0.5) is 29.5 Å². The van der Waals surface area contributed by atoms with Crippen molar-refractivity contribution in [3.05, 3.63) is 42.1 Å². The van der Waals surface area contributed by atoms with Crippen LogP contribution in [0.3, 0.4) is 0 Å². The van der Waals surface area contributed by atoms with E-state index in [4.69, 9.17) is 4.74 Å². The topological polar surface area (TPSA) is 87.9 Å². The molecule has 1 unspecified atom stereocenters. The average Bonchev–Trinajstić information content (AvgIpc) is 3.11. The highest BCUT2D eigenvalue weighted by Gasteiger charge is 2.36. The summed E-state index contributed by atoms with van der Waals surface area (Å²) >= 11 is 0. The second-order valence-electron chi connectivity index (χ2n) is 8.18. The number of benzene rings is 1. The highest BCUT2D eigenvalue weighted by Crippen LogP contribution is 2.34. The van der Waals surface area contributed by atoms with Crippen LogP contribution in [0.15, 0.2) is 36.5 Å². The summed E-state index contributed by atoms with van der Waals surface area (Å²) in [6, 6.07) is 5.67. The molecule has 0 saturated heterocycles. The molecule has 3 rings (SSSR count). The molecule has 0 spiro atoms. The Labute approximate surface area is 176 Å². The molecule has 11 heteroatoms. The van der Waals surface area contributed by atoms with Crippen molar-refractivity contribution < 1.29 is 32.6 Å². The van der Waals surface area contributed by atoms with Crippen LogP contribution in [0.1, 0.15) is 26.3 Å². The first-order chi connectivity index (χ1) is 14.3. The standard InChI is InChI=1S/C20H23F3N4O4/c1-19(2,3)31-18(30)26(12-17(28)29)15-10-25(16-8-9-24-27(16)11-15)14-6-4-13(5-7-14)20(21,22)23/h4-9,15H,10-12H2,1-3H3,(H,28,29). The number of halogens is 3. The fourth-order valence-electron chi connectivity index (χ4n) is 3.33. The van der Waals surface area contributed by atoms with E-state index < -0.39 is 42.0 Å². The molecule has 1 N–H and O–H groups in total. The number of nitrogens with zero attached hydrogens (tertiary/aromatic N) is 4. The predicted molar refractivity (Wildman–Crippen MR) is 105 cm³/mol. The minimum atomic E-state index is -4.46. The normalized spacial score (nSPS) is 16.6. The van der Waals surface area contributed by atoms with Gasteiger partial charge >= 0.3 is 18.2 Å². The van der Waals surface area contributed by atoms with Crippen molar-refractivity contribution >= 4 is 23.6 Å². The van der Waals surface area contributed by atoms with Crippen LogP contribution in [0.2, 0.25) is 0 Å². The largest absolute Gasteiger partial charge is 0.480 e. The highest BCUT2D eigenvalue weighted by molar-refractivity contribution is 5.77. The van der Waals surface area contributed by atoms with Crippen LogP contribution in [-0.4, -0.2) is 56.6 Å². The quantitative estimate of drug-likeness (QED) is 0.779. The van der Waals surface area contributed by atoms with Gasteiger partial charge in [-0.1, -0.05) is 0 Å². The fourth-order valence-corrected chi connectivity index (χ4v) is 3.33. The van der Waals surface area contributed by atoms with Crippen LogP contribution in [0.25, 0.3) is 0 Å². The number of fused-ring (bicyclic) bond motifs is 1. The SMILES string of the molecule is CC(C)(C)OC(=O)N(CC(=O)O)C1CN(c2ccc(C(F)(F)F)cc2)c2ccnn2C1. The first kappa shape index (κ1) is 22.4. The maximum absolute atomic E-state index is 12.9. The van der Waals surface area contributed by atoms with Gasteiger partial charge in [0.2, 0.25) is 0 Å². The van der Waals surface area contributed by atoms with E-state index in [1.165, 1.54) is 18.3 Å². The van der Waals surface area contributed by atoms with Crippen molar-refractivity contribution in [1.82, 2.24) is 14.7 Å². The molecule has 8 nitrogen and oxygen atoms in total. The molecule has 1 aromatic carbocycles. The average molecular weight is 440 g/mol. The Morgan fingerprint density at radius 3 is 2.35 bits per heavy atom. The zero-order chi connectivity index (χ0) is 23.0. The lowest BCUT2D eigenvalue weighted by molar-refractivity contribution is -0.139. The van der Waals surface area contributed by atoms with E-state index in [0.717, 1.165) is 17.0 Å². The summed E-state index contributed by atoms with van der Waals surface area (Å²) in [5.41, 5.74) is -1.15. The molecule has 0 radical (unpaired) electrons. The molecular weight excluding hydrogens is 417 g/mol. The van der Waals surface area contributed by atoms with E-state index in [-0.39, 0.29) is 13.1 Å². The zero-order valence-corrected chi connectivity index (χ0v) is 17.3. The number of carboxylic acids is 1. The Bertz CT molecular complexity index is 951. The summed E-state index contributed by atoms with van der Waals surface area (Å²) in [5, 5.41) is 13.5. The van der Waals surface area contributed by atoms with Gasteiger partial charge in [0.15, 0.2) is 0 Å². The molecule has 1 aliphatic rings. The van der Waals surface area contributed by atoms with Gasteiger partial charge in [-0.3, -0.25) is 9.69 Å². The third-order valence-corrected chi connectivity index (χ3v) is 4.63. The summed E-state index contributed by atoms with van der Waals surface area (Å²) in [6.07, 6.45) is -3.72. The van der Waals surface area contributed by atoms with Gasteiger partial charge in [-0.05, 0) is 45.0 Å². The van der Waals surface area contributed by atoms with Gasteiger partial charge in [-0.25, -0.2) is 9.48 Å². The molecule has 0 bridgehead atoms. The van der Waals surface area contributed by atoms with Crippen molar-refractivity contribution in [1.29, 1.82) is 0 Å².